The number of carbonyl (C=O) groups excluding carboxylic acids is 2. The quantitative estimate of drug-likeness (QED) is 0.312. The molecule has 0 spiro atoms. The number of fused-ring (bicyclic) bond motifs is 2. The molecule has 0 aliphatic carbocycles. The Morgan fingerprint density at radius 2 is 2.10 bits per heavy atom. The molecule has 0 radical (unpaired) electrons. The molecular weight excluding hydrogens is 419 g/mol. The molecule has 2 fully saturated rings. The van der Waals surface area contributed by atoms with Crippen LogP contribution in [0.15, 0.2) is 10.6 Å². The fourth-order valence-electron chi connectivity index (χ4n) is 3.18. The first kappa shape index (κ1) is 23.9. The van der Waals surface area contributed by atoms with Gasteiger partial charge in [-0.2, -0.15) is 9.35 Å². The van der Waals surface area contributed by atoms with Crippen molar-refractivity contribution in [3.8, 4) is 0 Å². The number of ether oxygens (including phenoxy) is 1. The topological polar surface area (TPSA) is 154 Å². The summed E-state index contributed by atoms with van der Waals surface area (Å²) in [4.78, 5) is 25.5. The van der Waals surface area contributed by atoms with E-state index in [-0.39, 0.29) is 42.6 Å². The zero-order valence-electron chi connectivity index (χ0n) is 16.6. The van der Waals surface area contributed by atoms with Crippen LogP contribution in [0.25, 0.3) is 0 Å². The molecule has 2 saturated heterocycles. The molecule has 1 aromatic heterocycles. The molecule has 2 aliphatic heterocycles. The number of hydrogen-bond acceptors (Lipinski definition) is 9. The summed E-state index contributed by atoms with van der Waals surface area (Å²) in [5, 5.41) is 7.09. The van der Waals surface area contributed by atoms with Crippen molar-refractivity contribution in [3.05, 3.63) is 17.5 Å². The fourth-order valence-corrected chi connectivity index (χ4v) is 3.56. The van der Waals surface area contributed by atoms with Gasteiger partial charge in [-0.05, 0) is 33.6 Å². The van der Waals surface area contributed by atoms with Crippen molar-refractivity contribution in [1.82, 2.24) is 20.4 Å². The maximum absolute atomic E-state index is 12.4. The molecule has 1 aromatic rings. The zero-order valence-corrected chi connectivity index (χ0v) is 19.4. The minimum absolute atomic E-state index is 0. The first-order valence-electron chi connectivity index (χ1n) is 8.60. The standard InChI is InChI=1S/C15H22N4O8S.Na/c1-15(2,3)25-13(20)16-7-10-6-11(17-26-10)12-5-4-9-8-18(12)14(21)19(9)27-28(22,23)24;/h6,9,12H,4-5,7-8H2,1-3H3,(H,16,20)(H,22,23,24);/q;+1/p-1/t9-,12+;/m1./s1. The van der Waals surface area contributed by atoms with Crippen LogP contribution in [-0.2, 0) is 26.0 Å². The molecule has 2 atom stereocenters. The van der Waals surface area contributed by atoms with Crippen molar-refractivity contribution in [3.63, 3.8) is 0 Å². The average molecular weight is 440 g/mol. The molecule has 3 rings (SSSR count). The molecule has 2 aliphatic rings. The molecule has 2 bridgehead atoms. The number of piperidine rings is 1. The number of nitrogens with one attached hydrogen (secondary N) is 1. The number of rotatable bonds is 5. The van der Waals surface area contributed by atoms with Crippen LogP contribution in [0.2, 0.25) is 0 Å². The Labute approximate surface area is 190 Å². The predicted molar refractivity (Wildman–Crippen MR) is 90.1 cm³/mol. The van der Waals surface area contributed by atoms with Crippen LogP contribution in [0.1, 0.15) is 51.1 Å². The maximum atomic E-state index is 12.4. The zero-order chi connectivity index (χ0) is 20.7. The summed E-state index contributed by atoms with van der Waals surface area (Å²) in [6.07, 6.45) is 0.314. The summed E-state index contributed by atoms with van der Waals surface area (Å²) >= 11 is 0. The van der Waals surface area contributed by atoms with Crippen LogP contribution < -0.4 is 34.9 Å². The number of alkyl carbamates (subject to hydrolysis) is 1. The van der Waals surface area contributed by atoms with Gasteiger partial charge in [-0.1, -0.05) is 5.16 Å². The van der Waals surface area contributed by atoms with E-state index in [2.05, 4.69) is 14.8 Å². The van der Waals surface area contributed by atoms with E-state index in [1.807, 2.05) is 0 Å². The van der Waals surface area contributed by atoms with Crippen molar-refractivity contribution < 1.29 is 65.7 Å². The van der Waals surface area contributed by atoms with Gasteiger partial charge in [-0.25, -0.2) is 18.0 Å². The third kappa shape index (κ3) is 6.06. The van der Waals surface area contributed by atoms with Crippen LogP contribution in [0.5, 0.6) is 0 Å². The molecule has 0 unspecified atom stereocenters. The summed E-state index contributed by atoms with van der Waals surface area (Å²) < 4.78 is 47.1. The average Bonchev–Trinajstić information content (AvgIpc) is 3.11. The number of hydrogen-bond donors (Lipinski definition) is 1. The third-order valence-electron chi connectivity index (χ3n) is 4.22. The summed E-state index contributed by atoms with van der Waals surface area (Å²) in [7, 11) is -5.04. The smallest absolute Gasteiger partial charge is 0.724 e. The van der Waals surface area contributed by atoms with E-state index >= 15 is 0 Å². The van der Waals surface area contributed by atoms with Gasteiger partial charge in [0.2, 0.25) is 10.4 Å². The van der Waals surface area contributed by atoms with Gasteiger partial charge in [0.15, 0.2) is 5.76 Å². The van der Waals surface area contributed by atoms with Gasteiger partial charge in [0.25, 0.3) is 0 Å². The van der Waals surface area contributed by atoms with Crippen LogP contribution >= 0.6 is 0 Å². The second-order valence-electron chi connectivity index (χ2n) is 7.56. The normalized spacial score (nSPS) is 21.7. The van der Waals surface area contributed by atoms with E-state index in [9.17, 15) is 22.6 Å². The molecule has 29 heavy (non-hydrogen) atoms. The Kier molecular flexibility index (Phi) is 7.23. The Bertz CT molecular complexity index is 868. The van der Waals surface area contributed by atoms with Crippen LogP contribution in [0, 0.1) is 0 Å². The van der Waals surface area contributed by atoms with Gasteiger partial charge >= 0.3 is 41.7 Å². The predicted octanol–water partition coefficient (Wildman–Crippen LogP) is -1.96. The summed E-state index contributed by atoms with van der Waals surface area (Å²) in [6, 6.07) is -0.0921. The molecule has 0 aromatic carbocycles. The Balaban J connectivity index is 0.00000300. The summed E-state index contributed by atoms with van der Waals surface area (Å²) in [5.41, 5.74) is -0.170. The number of amides is 3. The fraction of sp³-hybridized carbons (Fsp3) is 0.667. The van der Waals surface area contributed by atoms with E-state index in [4.69, 9.17) is 9.26 Å². The molecular formula is C15H21N4NaO8S. The van der Waals surface area contributed by atoms with Crippen molar-refractivity contribution in [2.45, 2.75) is 57.8 Å². The molecule has 14 heteroatoms. The number of urea groups is 1. The van der Waals surface area contributed by atoms with Gasteiger partial charge in [0, 0.05) is 12.6 Å². The van der Waals surface area contributed by atoms with Crippen molar-refractivity contribution in [1.29, 1.82) is 0 Å². The van der Waals surface area contributed by atoms with Crippen molar-refractivity contribution in [2.75, 3.05) is 6.54 Å². The first-order valence-corrected chi connectivity index (χ1v) is 9.94. The van der Waals surface area contributed by atoms with E-state index in [0.29, 0.717) is 29.4 Å². The summed E-state index contributed by atoms with van der Waals surface area (Å²) in [6.45, 7) is 5.49. The Morgan fingerprint density at radius 1 is 1.41 bits per heavy atom. The van der Waals surface area contributed by atoms with E-state index < -0.39 is 40.2 Å². The second-order valence-corrected chi connectivity index (χ2v) is 8.53. The maximum Gasteiger partial charge on any atom is 1.00 e. The van der Waals surface area contributed by atoms with Crippen LogP contribution in [0.4, 0.5) is 9.59 Å². The molecule has 3 amide bonds. The van der Waals surface area contributed by atoms with E-state index in [1.54, 1.807) is 26.8 Å². The minimum atomic E-state index is -5.04. The van der Waals surface area contributed by atoms with Gasteiger partial charge in [0.1, 0.15) is 11.3 Å². The van der Waals surface area contributed by atoms with Crippen LogP contribution in [0.3, 0.4) is 0 Å². The number of hydroxylamine groups is 2. The Hall–Kier alpha value is -1.38. The first-order chi connectivity index (χ1) is 12.9. The van der Waals surface area contributed by atoms with Gasteiger partial charge in [-0.15, -0.1) is 0 Å². The van der Waals surface area contributed by atoms with E-state index in [1.165, 1.54) is 4.90 Å². The monoisotopic (exact) mass is 440 g/mol. The number of aromatic nitrogens is 1. The minimum Gasteiger partial charge on any atom is -0.724 e. The van der Waals surface area contributed by atoms with Crippen molar-refractivity contribution in [2.24, 2.45) is 0 Å². The molecule has 12 nitrogen and oxygen atoms in total. The number of carbonyl (C=O) groups is 2. The van der Waals surface area contributed by atoms with Crippen LogP contribution in [-0.4, -0.2) is 58.4 Å². The van der Waals surface area contributed by atoms with Gasteiger partial charge in [-0.3, -0.25) is 0 Å². The SMILES string of the molecule is CC(C)(C)OC(=O)NCc1cc([C@@H]2CC[C@@H]3CN2C(=O)N3OS(=O)(=O)[O-])no1.[Na+]. The third-order valence-corrected chi connectivity index (χ3v) is 4.56. The molecule has 0 saturated carbocycles. The largest absolute Gasteiger partial charge is 1.00 e. The summed E-state index contributed by atoms with van der Waals surface area (Å²) in [5.74, 6) is 0.366. The van der Waals surface area contributed by atoms with E-state index in [0.717, 1.165) is 0 Å². The van der Waals surface area contributed by atoms with Crippen molar-refractivity contribution >= 4 is 22.5 Å². The second kappa shape index (κ2) is 8.78. The van der Waals surface area contributed by atoms with Gasteiger partial charge in [0.05, 0.1) is 18.6 Å². The molecule has 156 valence electrons. The molecule has 3 heterocycles. The number of nitrogens with zero attached hydrogens (tertiary/aromatic N) is 3. The Morgan fingerprint density at radius 3 is 2.72 bits per heavy atom. The van der Waals surface area contributed by atoms with Gasteiger partial charge < -0.3 is 24.0 Å². The molecule has 1 N–H and O–H groups in total.